The van der Waals surface area contributed by atoms with Crippen LogP contribution in [0.15, 0.2) is 34.9 Å². The smallest absolute Gasteiger partial charge is 0.226 e. The molecule has 0 spiro atoms. The predicted molar refractivity (Wildman–Crippen MR) is 93.3 cm³/mol. The van der Waals surface area contributed by atoms with Crippen molar-refractivity contribution >= 4 is 34.9 Å². The summed E-state index contributed by atoms with van der Waals surface area (Å²) in [6.07, 6.45) is 0.110. The minimum atomic E-state index is -0.237. The third kappa shape index (κ3) is 5.45. The molecular weight excluding hydrogens is 324 g/mol. The fourth-order valence-electron chi connectivity index (χ4n) is 2.19. The van der Waals surface area contributed by atoms with E-state index in [0.717, 1.165) is 0 Å². The van der Waals surface area contributed by atoms with Gasteiger partial charge in [0.1, 0.15) is 5.76 Å². The molecule has 8 heteroatoms. The summed E-state index contributed by atoms with van der Waals surface area (Å²) in [4.78, 5) is 36.2. The average Bonchev–Trinajstić information content (AvgIpc) is 2.95. The summed E-state index contributed by atoms with van der Waals surface area (Å²) in [5.41, 5.74) is 1.25. The van der Waals surface area contributed by atoms with E-state index in [2.05, 4.69) is 15.8 Å². The molecule has 25 heavy (non-hydrogen) atoms. The van der Waals surface area contributed by atoms with E-state index in [1.807, 2.05) is 0 Å². The van der Waals surface area contributed by atoms with Crippen molar-refractivity contribution in [1.29, 1.82) is 0 Å². The minimum absolute atomic E-state index is 0.110. The Balaban J connectivity index is 1.90. The second kappa shape index (κ2) is 8.09. The molecule has 0 fully saturated rings. The van der Waals surface area contributed by atoms with Gasteiger partial charge in [-0.2, -0.15) is 0 Å². The zero-order valence-electron chi connectivity index (χ0n) is 14.3. The van der Waals surface area contributed by atoms with Crippen LogP contribution in [-0.2, 0) is 14.4 Å². The first-order chi connectivity index (χ1) is 11.8. The molecule has 8 nitrogen and oxygen atoms in total. The number of aryl methyl sites for hydroxylation is 1. The molecule has 0 radical (unpaired) electrons. The van der Waals surface area contributed by atoms with Crippen LogP contribution in [0.3, 0.4) is 0 Å². The summed E-state index contributed by atoms with van der Waals surface area (Å²) in [6.45, 7) is 4.75. The Hall–Kier alpha value is -3.16. The van der Waals surface area contributed by atoms with E-state index in [4.69, 9.17) is 4.52 Å². The predicted octanol–water partition coefficient (Wildman–Crippen LogP) is 2.32. The van der Waals surface area contributed by atoms with Crippen LogP contribution in [0.2, 0.25) is 0 Å². The number of amides is 3. The lowest BCUT2D eigenvalue weighted by atomic mass is 10.2. The number of benzene rings is 1. The van der Waals surface area contributed by atoms with Crippen LogP contribution in [-0.4, -0.2) is 29.4 Å². The summed E-state index contributed by atoms with van der Waals surface area (Å²) in [5, 5.41) is 9.18. The monoisotopic (exact) mass is 344 g/mol. The van der Waals surface area contributed by atoms with Crippen LogP contribution in [0, 0.1) is 6.92 Å². The van der Waals surface area contributed by atoms with Gasteiger partial charge >= 0.3 is 0 Å². The number of nitrogens with zero attached hydrogens (tertiary/aromatic N) is 2. The third-order valence-corrected chi connectivity index (χ3v) is 3.32. The fraction of sp³-hybridized carbons (Fsp3) is 0.294. The molecule has 0 atom stereocenters. The molecule has 1 aromatic heterocycles. The highest BCUT2D eigenvalue weighted by Gasteiger charge is 2.17. The van der Waals surface area contributed by atoms with E-state index in [1.54, 1.807) is 37.3 Å². The molecule has 2 N–H and O–H groups in total. The number of rotatable bonds is 6. The summed E-state index contributed by atoms with van der Waals surface area (Å²) in [6, 6.07) is 8.40. The molecule has 0 bridgehead atoms. The van der Waals surface area contributed by atoms with E-state index in [1.165, 1.54) is 18.7 Å². The first-order valence-electron chi connectivity index (χ1n) is 7.74. The quantitative estimate of drug-likeness (QED) is 0.837. The Morgan fingerprint density at radius 2 is 1.68 bits per heavy atom. The van der Waals surface area contributed by atoms with Crippen molar-refractivity contribution in [2.24, 2.45) is 0 Å². The van der Waals surface area contributed by atoms with E-state index in [9.17, 15) is 14.4 Å². The second-order valence-electron chi connectivity index (χ2n) is 5.52. The zero-order valence-corrected chi connectivity index (χ0v) is 14.3. The van der Waals surface area contributed by atoms with E-state index < -0.39 is 0 Å². The van der Waals surface area contributed by atoms with Crippen LogP contribution in [0.4, 0.5) is 17.2 Å². The number of hydrogen-bond acceptors (Lipinski definition) is 5. The van der Waals surface area contributed by atoms with Crippen LogP contribution in [0.25, 0.3) is 0 Å². The van der Waals surface area contributed by atoms with Gasteiger partial charge in [0.15, 0.2) is 5.82 Å². The molecule has 1 aromatic carbocycles. The highest BCUT2D eigenvalue weighted by molar-refractivity contribution is 5.94. The van der Waals surface area contributed by atoms with Gasteiger partial charge < -0.3 is 15.2 Å². The van der Waals surface area contributed by atoms with Crippen LogP contribution in [0.5, 0.6) is 0 Å². The highest BCUT2D eigenvalue weighted by Crippen LogP contribution is 2.16. The molecule has 0 aliphatic heterocycles. The summed E-state index contributed by atoms with van der Waals surface area (Å²) < 4.78 is 4.96. The molecule has 2 aromatic rings. The molecule has 3 amide bonds. The molecular formula is C17H20N4O4. The number of nitrogens with one attached hydrogen (secondary N) is 2. The zero-order chi connectivity index (χ0) is 18.4. The van der Waals surface area contributed by atoms with Crippen LogP contribution >= 0.6 is 0 Å². The maximum Gasteiger partial charge on any atom is 0.226 e. The fourth-order valence-corrected chi connectivity index (χ4v) is 2.19. The molecule has 0 aliphatic rings. The van der Waals surface area contributed by atoms with Gasteiger partial charge in [-0.3, -0.25) is 19.3 Å². The summed E-state index contributed by atoms with van der Waals surface area (Å²) in [5.74, 6) is 0.353. The molecule has 2 rings (SSSR count). The number of hydrogen-bond donors (Lipinski definition) is 2. The third-order valence-electron chi connectivity index (χ3n) is 3.32. The van der Waals surface area contributed by atoms with Crippen molar-refractivity contribution in [2.45, 2.75) is 27.2 Å². The first kappa shape index (κ1) is 18.2. The van der Waals surface area contributed by atoms with Gasteiger partial charge in [-0.25, -0.2) is 0 Å². The number of anilines is 3. The van der Waals surface area contributed by atoms with Gasteiger partial charge in [0, 0.05) is 44.3 Å². The van der Waals surface area contributed by atoms with Crippen molar-refractivity contribution in [3.05, 3.63) is 36.1 Å². The normalized spacial score (nSPS) is 10.2. The SMILES string of the molecule is CC(=O)Nc1ccc(NC(=O)CCN(C(C)=O)c2cc(C)on2)cc1. The largest absolute Gasteiger partial charge is 0.360 e. The van der Waals surface area contributed by atoms with E-state index >= 15 is 0 Å². The van der Waals surface area contributed by atoms with Gasteiger partial charge in [-0.1, -0.05) is 5.16 Å². The minimum Gasteiger partial charge on any atom is -0.360 e. The highest BCUT2D eigenvalue weighted by atomic mass is 16.5. The maximum atomic E-state index is 12.1. The van der Waals surface area contributed by atoms with Gasteiger partial charge in [0.25, 0.3) is 0 Å². The van der Waals surface area contributed by atoms with Gasteiger partial charge in [-0.05, 0) is 31.2 Å². The number of carbonyl (C=O) groups excluding carboxylic acids is 3. The van der Waals surface area contributed by atoms with Gasteiger partial charge in [-0.15, -0.1) is 0 Å². The van der Waals surface area contributed by atoms with Gasteiger partial charge in [0.05, 0.1) is 0 Å². The molecule has 1 heterocycles. The molecule has 0 unspecified atom stereocenters. The molecule has 0 aliphatic carbocycles. The maximum absolute atomic E-state index is 12.1. The second-order valence-corrected chi connectivity index (χ2v) is 5.52. The Morgan fingerprint density at radius 1 is 1.08 bits per heavy atom. The lowest BCUT2D eigenvalue weighted by Crippen LogP contribution is -2.32. The van der Waals surface area contributed by atoms with Crippen molar-refractivity contribution < 1.29 is 18.9 Å². The average molecular weight is 344 g/mol. The Bertz CT molecular complexity index is 767. The number of carbonyl (C=O) groups is 3. The number of aromatic nitrogens is 1. The van der Waals surface area contributed by atoms with Crippen molar-refractivity contribution in [1.82, 2.24) is 5.16 Å². The topological polar surface area (TPSA) is 105 Å². The Kier molecular flexibility index (Phi) is 5.89. The van der Waals surface area contributed by atoms with Gasteiger partial charge in [0.2, 0.25) is 17.7 Å². The van der Waals surface area contributed by atoms with E-state index in [-0.39, 0.29) is 30.7 Å². The Labute approximate surface area is 145 Å². The van der Waals surface area contributed by atoms with E-state index in [0.29, 0.717) is 23.0 Å². The van der Waals surface area contributed by atoms with Crippen LogP contribution < -0.4 is 15.5 Å². The van der Waals surface area contributed by atoms with Crippen LogP contribution in [0.1, 0.15) is 26.0 Å². The summed E-state index contributed by atoms with van der Waals surface area (Å²) >= 11 is 0. The van der Waals surface area contributed by atoms with Crippen molar-refractivity contribution in [2.75, 3.05) is 22.1 Å². The first-order valence-corrected chi connectivity index (χ1v) is 7.74. The molecule has 132 valence electrons. The lowest BCUT2D eigenvalue weighted by Gasteiger charge is -2.17. The standard InChI is InChI=1S/C17H20N4O4/c1-11-10-16(20-25-11)21(13(3)23)9-8-17(24)19-15-6-4-14(5-7-15)18-12(2)22/h4-7,10H,8-9H2,1-3H3,(H,18,22)(H,19,24). The molecule has 0 saturated heterocycles. The lowest BCUT2D eigenvalue weighted by molar-refractivity contribution is -0.117. The molecule has 0 saturated carbocycles. The van der Waals surface area contributed by atoms with Crippen molar-refractivity contribution in [3.8, 4) is 0 Å². The van der Waals surface area contributed by atoms with Crippen molar-refractivity contribution in [3.63, 3.8) is 0 Å². The summed E-state index contributed by atoms with van der Waals surface area (Å²) in [7, 11) is 0. The Morgan fingerprint density at radius 3 is 2.16 bits per heavy atom.